The number of benzene rings is 1. The van der Waals surface area contributed by atoms with E-state index in [-0.39, 0.29) is 18.5 Å². The van der Waals surface area contributed by atoms with E-state index in [1.807, 2.05) is 37.3 Å². The molecule has 0 heterocycles. The molecule has 0 spiro atoms. The van der Waals surface area contributed by atoms with Crippen LogP contribution in [0.1, 0.15) is 69.2 Å². The average molecular weight is 308 g/mol. The van der Waals surface area contributed by atoms with Crippen molar-refractivity contribution < 1.29 is 13.9 Å². The van der Waals surface area contributed by atoms with Gasteiger partial charge in [-0.3, -0.25) is 4.79 Å². The molecular weight excluding hydrogens is 279 g/mol. The first-order valence-electron chi connectivity index (χ1n) is 8.51. The van der Waals surface area contributed by atoms with Crippen LogP contribution in [0, 0.1) is 0 Å². The van der Waals surface area contributed by atoms with Crippen LogP contribution in [-0.2, 0) is 4.74 Å². The van der Waals surface area contributed by atoms with Crippen LogP contribution in [0.3, 0.4) is 0 Å². The van der Waals surface area contributed by atoms with E-state index >= 15 is 0 Å². The van der Waals surface area contributed by atoms with Crippen molar-refractivity contribution in [3.05, 3.63) is 35.9 Å². The minimum atomic E-state index is -0.884. The largest absolute Gasteiger partial charge is 0.375 e. The molecule has 0 aliphatic heterocycles. The number of hydrogen-bond donors (Lipinski definition) is 0. The van der Waals surface area contributed by atoms with Crippen LogP contribution in [0.5, 0.6) is 0 Å². The maximum absolute atomic E-state index is 13.7. The average Bonchev–Trinajstić information content (AvgIpc) is 2.55. The standard InChI is InChI=1S/C19H29FO2/c1-3-5-7-12-17(20)15-22-18(4-2)13-14-19(21)16-10-8-6-9-11-16/h6,8-11,17-18H,3-5,7,12-15H2,1-2H3. The summed E-state index contributed by atoms with van der Waals surface area (Å²) in [7, 11) is 0. The van der Waals surface area contributed by atoms with E-state index in [0.717, 1.165) is 31.2 Å². The molecule has 3 heteroatoms. The predicted molar refractivity (Wildman–Crippen MR) is 89.1 cm³/mol. The summed E-state index contributed by atoms with van der Waals surface area (Å²) in [5, 5.41) is 0. The van der Waals surface area contributed by atoms with Gasteiger partial charge in [0.2, 0.25) is 0 Å². The fourth-order valence-corrected chi connectivity index (χ4v) is 2.41. The lowest BCUT2D eigenvalue weighted by Gasteiger charge is -2.17. The number of carbonyl (C=O) groups is 1. The number of hydrogen-bond acceptors (Lipinski definition) is 2. The molecule has 22 heavy (non-hydrogen) atoms. The van der Waals surface area contributed by atoms with E-state index in [2.05, 4.69) is 6.92 Å². The number of rotatable bonds is 12. The zero-order chi connectivity index (χ0) is 16.2. The van der Waals surface area contributed by atoms with Crippen LogP contribution in [0.25, 0.3) is 0 Å². The van der Waals surface area contributed by atoms with Crippen molar-refractivity contribution in [3.63, 3.8) is 0 Å². The Kier molecular flexibility index (Phi) is 9.72. The van der Waals surface area contributed by atoms with Crippen molar-refractivity contribution in [2.24, 2.45) is 0 Å². The summed E-state index contributed by atoms with van der Waals surface area (Å²) in [6.07, 6.45) is 4.68. The SMILES string of the molecule is CCCCCC(F)COC(CC)CCC(=O)c1ccccc1. The van der Waals surface area contributed by atoms with E-state index < -0.39 is 6.17 Å². The minimum absolute atomic E-state index is 0.0305. The fraction of sp³-hybridized carbons (Fsp3) is 0.632. The smallest absolute Gasteiger partial charge is 0.162 e. The first-order valence-corrected chi connectivity index (χ1v) is 8.51. The Morgan fingerprint density at radius 1 is 1.14 bits per heavy atom. The number of alkyl halides is 1. The number of Topliss-reactive ketones (excluding diaryl/α,β-unsaturated/α-hetero) is 1. The molecule has 0 fully saturated rings. The summed E-state index contributed by atoms with van der Waals surface area (Å²) >= 11 is 0. The third-order valence-electron chi connectivity index (χ3n) is 3.88. The first-order chi connectivity index (χ1) is 10.7. The van der Waals surface area contributed by atoms with Crippen LogP contribution >= 0.6 is 0 Å². The highest BCUT2D eigenvalue weighted by atomic mass is 19.1. The van der Waals surface area contributed by atoms with Gasteiger partial charge in [-0.15, -0.1) is 0 Å². The molecule has 1 aromatic carbocycles. The van der Waals surface area contributed by atoms with E-state index in [1.54, 1.807) is 0 Å². The lowest BCUT2D eigenvalue weighted by Crippen LogP contribution is -2.19. The summed E-state index contributed by atoms with van der Waals surface area (Å²) in [4.78, 5) is 12.0. The van der Waals surface area contributed by atoms with E-state index in [4.69, 9.17) is 4.74 Å². The van der Waals surface area contributed by atoms with Crippen molar-refractivity contribution in [1.82, 2.24) is 0 Å². The van der Waals surface area contributed by atoms with Crippen molar-refractivity contribution in [2.45, 2.75) is 71.1 Å². The second-order valence-electron chi connectivity index (χ2n) is 5.78. The zero-order valence-electron chi connectivity index (χ0n) is 13.9. The van der Waals surface area contributed by atoms with Gasteiger partial charge in [-0.1, -0.05) is 63.4 Å². The number of ketones is 1. The molecule has 0 saturated heterocycles. The highest BCUT2D eigenvalue weighted by molar-refractivity contribution is 5.95. The Morgan fingerprint density at radius 2 is 1.86 bits per heavy atom. The van der Waals surface area contributed by atoms with Crippen molar-refractivity contribution in [1.29, 1.82) is 0 Å². The summed E-state index contributed by atoms with van der Waals surface area (Å²) in [5.41, 5.74) is 0.736. The van der Waals surface area contributed by atoms with Crippen molar-refractivity contribution in [2.75, 3.05) is 6.61 Å². The zero-order valence-corrected chi connectivity index (χ0v) is 13.9. The molecule has 0 N–H and O–H groups in total. The quantitative estimate of drug-likeness (QED) is 0.383. The van der Waals surface area contributed by atoms with Crippen molar-refractivity contribution in [3.8, 4) is 0 Å². The topological polar surface area (TPSA) is 26.3 Å². The summed E-state index contributed by atoms with van der Waals surface area (Å²) < 4.78 is 19.3. The van der Waals surface area contributed by atoms with E-state index in [0.29, 0.717) is 19.3 Å². The molecule has 0 amide bonds. The molecule has 1 aromatic rings. The molecule has 1 rings (SSSR count). The summed E-state index contributed by atoms with van der Waals surface area (Å²) in [5.74, 6) is 0.127. The van der Waals surface area contributed by atoms with E-state index in [9.17, 15) is 9.18 Å². The van der Waals surface area contributed by atoms with Crippen LogP contribution in [0.15, 0.2) is 30.3 Å². The second-order valence-corrected chi connectivity index (χ2v) is 5.78. The highest BCUT2D eigenvalue weighted by Gasteiger charge is 2.14. The highest BCUT2D eigenvalue weighted by Crippen LogP contribution is 2.14. The maximum atomic E-state index is 13.7. The second kappa shape index (κ2) is 11.4. The minimum Gasteiger partial charge on any atom is -0.375 e. The number of unbranched alkanes of at least 4 members (excludes halogenated alkanes) is 2. The molecule has 0 bridgehead atoms. The first kappa shape index (κ1) is 18.8. The molecule has 0 aromatic heterocycles. The molecule has 0 aliphatic rings. The molecule has 124 valence electrons. The number of ether oxygens (including phenoxy) is 1. The van der Waals surface area contributed by atoms with Gasteiger partial charge in [-0.25, -0.2) is 4.39 Å². The number of halogens is 1. The Bertz CT molecular complexity index is 405. The monoisotopic (exact) mass is 308 g/mol. The maximum Gasteiger partial charge on any atom is 0.162 e. The third-order valence-corrected chi connectivity index (χ3v) is 3.88. The normalized spacial score (nSPS) is 13.8. The molecule has 0 radical (unpaired) electrons. The van der Waals surface area contributed by atoms with Gasteiger partial charge in [-0.05, 0) is 19.3 Å². The van der Waals surface area contributed by atoms with Crippen LogP contribution in [0.2, 0.25) is 0 Å². The lowest BCUT2D eigenvalue weighted by atomic mass is 10.0. The van der Waals surface area contributed by atoms with Crippen LogP contribution in [0.4, 0.5) is 4.39 Å². The molecule has 2 nitrogen and oxygen atoms in total. The van der Waals surface area contributed by atoms with Gasteiger partial charge in [0.25, 0.3) is 0 Å². The molecular formula is C19H29FO2. The van der Waals surface area contributed by atoms with Gasteiger partial charge >= 0.3 is 0 Å². The molecule has 0 aliphatic carbocycles. The van der Waals surface area contributed by atoms with Gasteiger partial charge < -0.3 is 4.74 Å². The Morgan fingerprint density at radius 3 is 2.50 bits per heavy atom. The van der Waals surface area contributed by atoms with E-state index in [1.165, 1.54) is 0 Å². The summed E-state index contributed by atoms with van der Waals surface area (Å²) in [6.45, 7) is 4.28. The Labute approximate surface area is 134 Å². The molecule has 0 saturated carbocycles. The third kappa shape index (κ3) is 7.69. The molecule has 2 atom stereocenters. The Balaban J connectivity index is 2.25. The van der Waals surface area contributed by atoms with Crippen LogP contribution < -0.4 is 0 Å². The van der Waals surface area contributed by atoms with Crippen LogP contribution in [-0.4, -0.2) is 24.7 Å². The number of carbonyl (C=O) groups excluding carboxylic acids is 1. The summed E-state index contributed by atoms with van der Waals surface area (Å²) in [6, 6.07) is 9.29. The van der Waals surface area contributed by atoms with Gasteiger partial charge in [0.15, 0.2) is 5.78 Å². The fourth-order valence-electron chi connectivity index (χ4n) is 2.41. The Hall–Kier alpha value is -1.22. The van der Waals surface area contributed by atoms with Crippen molar-refractivity contribution >= 4 is 5.78 Å². The predicted octanol–water partition coefficient (Wildman–Crippen LogP) is 5.36. The lowest BCUT2D eigenvalue weighted by molar-refractivity contribution is 0.00915. The molecule has 2 unspecified atom stereocenters. The van der Waals surface area contributed by atoms with Gasteiger partial charge in [0.05, 0.1) is 12.7 Å². The van der Waals surface area contributed by atoms with Gasteiger partial charge in [0.1, 0.15) is 6.17 Å². The van der Waals surface area contributed by atoms with Gasteiger partial charge in [0, 0.05) is 12.0 Å². The van der Waals surface area contributed by atoms with Gasteiger partial charge in [-0.2, -0.15) is 0 Å².